The Morgan fingerprint density at radius 1 is 0.889 bits per heavy atom. The minimum absolute atomic E-state index is 0.0209. The third-order valence-electron chi connectivity index (χ3n) is 5.53. The zero-order valence-corrected chi connectivity index (χ0v) is 19.3. The summed E-state index contributed by atoms with van der Waals surface area (Å²) in [5.74, 6) is 2.23. The van der Waals surface area contributed by atoms with E-state index < -0.39 is 28.9 Å². The van der Waals surface area contributed by atoms with Crippen LogP contribution in [0.15, 0.2) is 73.3 Å². The summed E-state index contributed by atoms with van der Waals surface area (Å²) >= 11 is 0. The van der Waals surface area contributed by atoms with Gasteiger partial charge in [-0.1, -0.05) is 30.0 Å². The number of aromatic nitrogens is 3. The first-order valence-electron chi connectivity index (χ1n) is 11.0. The van der Waals surface area contributed by atoms with Crippen LogP contribution < -0.4 is 0 Å². The molecule has 1 aromatic heterocycles. The lowest BCUT2D eigenvalue weighted by atomic mass is 9.92. The molecule has 1 unspecified atom stereocenters. The summed E-state index contributed by atoms with van der Waals surface area (Å²) in [6.07, 6.45) is 2.72. The molecule has 1 heterocycles. The molecule has 0 bridgehead atoms. The Morgan fingerprint density at radius 2 is 1.61 bits per heavy atom. The largest absolute Gasteiger partial charge is 0.382 e. The normalized spacial score (nSPS) is 12.8. The molecule has 1 atom stereocenters. The van der Waals surface area contributed by atoms with Crippen LogP contribution in [0, 0.1) is 35.1 Å². The van der Waals surface area contributed by atoms with Gasteiger partial charge >= 0.3 is 0 Å². The third kappa shape index (κ3) is 6.16. The van der Waals surface area contributed by atoms with Crippen molar-refractivity contribution in [3.8, 4) is 11.8 Å². The van der Waals surface area contributed by atoms with E-state index in [1.807, 2.05) is 17.0 Å². The Labute approximate surface area is 205 Å². The molecule has 4 rings (SSSR count). The van der Waals surface area contributed by atoms with Crippen LogP contribution >= 0.6 is 0 Å². The molecule has 0 saturated heterocycles. The Balaban J connectivity index is 1.47. The molecule has 1 N–H and O–H groups in total. The van der Waals surface area contributed by atoms with Gasteiger partial charge in [-0.05, 0) is 49.0 Å². The van der Waals surface area contributed by atoms with Gasteiger partial charge < -0.3 is 5.11 Å². The van der Waals surface area contributed by atoms with Crippen LogP contribution in [0.2, 0.25) is 0 Å². The highest BCUT2D eigenvalue weighted by Gasteiger charge is 2.34. The smallest absolute Gasteiger partial charge is 0.160 e. The van der Waals surface area contributed by atoms with Crippen molar-refractivity contribution in [1.82, 2.24) is 19.7 Å². The van der Waals surface area contributed by atoms with Gasteiger partial charge in [0.15, 0.2) is 11.6 Å². The minimum Gasteiger partial charge on any atom is -0.382 e. The van der Waals surface area contributed by atoms with Crippen molar-refractivity contribution >= 4 is 0 Å². The predicted octanol–water partition coefficient (Wildman–Crippen LogP) is 4.25. The second-order valence-corrected chi connectivity index (χ2v) is 8.50. The Morgan fingerprint density at radius 3 is 2.28 bits per heavy atom. The molecule has 184 valence electrons. The topological polar surface area (TPSA) is 54.2 Å². The van der Waals surface area contributed by atoms with E-state index in [0.717, 1.165) is 29.8 Å². The van der Waals surface area contributed by atoms with E-state index in [1.54, 1.807) is 19.2 Å². The summed E-state index contributed by atoms with van der Waals surface area (Å²) in [5.41, 5.74) is 0.183. The molecule has 0 radical (unpaired) electrons. The Hall–Kier alpha value is -4.00. The second-order valence-electron chi connectivity index (χ2n) is 8.50. The van der Waals surface area contributed by atoms with Gasteiger partial charge in [0.05, 0.1) is 6.54 Å². The highest BCUT2D eigenvalue weighted by molar-refractivity contribution is 5.43. The van der Waals surface area contributed by atoms with Gasteiger partial charge in [-0.3, -0.25) is 4.90 Å². The summed E-state index contributed by atoms with van der Waals surface area (Å²) in [6, 6.07) is 13.8. The van der Waals surface area contributed by atoms with Crippen molar-refractivity contribution < 1.29 is 22.7 Å². The van der Waals surface area contributed by atoms with Crippen molar-refractivity contribution in [2.75, 3.05) is 13.6 Å². The average Bonchev–Trinajstić information content (AvgIpc) is 3.33. The number of hydrogen-bond donors (Lipinski definition) is 1. The van der Waals surface area contributed by atoms with Gasteiger partial charge in [0, 0.05) is 35.8 Å². The van der Waals surface area contributed by atoms with Crippen LogP contribution in [0.25, 0.3) is 0 Å². The van der Waals surface area contributed by atoms with Crippen LogP contribution in [-0.4, -0.2) is 38.4 Å². The van der Waals surface area contributed by atoms with E-state index in [9.17, 15) is 22.7 Å². The van der Waals surface area contributed by atoms with E-state index >= 15 is 0 Å². The highest BCUT2D eigenvalue weighted by Crippen LogP contribution is 2.28. The lowest BCUT2D eigenvalue weighted by molar-refractivity contribution is -0.0175. The molecule has 0 aliphatic rings. The third-order valence-corrected chi connectivity index (χ3v) is 5.53. The number of hydrogen-bond acceptors (Lipinski definition) is 4. The quantitative estimate of drug-likeness (QED) is 0.308. The molecular weight excluding hydrogens is 472 g/mol. The number of likely N-dealkylation sites (N-methyl/N-ethyl adjacent to an activating group) is 1. The zero-order valence-electron chi connectivity index (χ0n) is 19.3. The van der Waals surface area contributed by atoms with Crippen molar-refractivity contribution in [3.05, 3.63) is 119 Å². The van der Waals surface area contributed by atoms with Gasteiger partial charge in [0.1, 0.15) is 29.9 Å². The monoisotopic (exact) mass is 494 g/mol. The van der Waals surface area contributed by atoms with Crippen molar-refractivity contribution in [2.24, 2.45) is 0 Å². The van der Waals surface area contributed by atoms with Gasteiger partial charge in [0.25, 0.3) is 0 Å². The molecule has 4 aromatic rings. The van der Waals surface area contributed by atoms with Gasteiger partial charge in [0.2, 0.25) is 0 Å². The number of nitrogens with zero attached hydrogens (tertiary/aromatic N) is 4. The predicted molar refractivity (Wildman–Crippen MR) is 125 cm³/mol. The fourth-order valence-corrected chi connectivity index (χ4v) is 3.90. The highest BCUT2D eigenvalue weighted by atomic mass is 19.2. The first-order valence-corrected chi connectivity index (χ1v) is 11.0. The Bertz CT molecular complexity index is 1400. The van der Waals surface area contributed by atoms with E-state index in [2.05, 4.69) is 21.9 Å². The van der Waals surface area contributed by atoms with Gasteiger partial charge in [-0.2, -0.15) is 5.10 Å². The standard InChI is InChI=1S/C27H22F4N4O/c1-34(14-21-6-3-19(4-7-21)2-5-20-8-11-24(29)26(31)12-20)15-27(36,16-35-18-32-17-33-35)23-10-9-22(28)13-25(23)30/h3-4,6-13,17-18,36H,14-16H2,1H3. The first-order chi connectivity index (χ1) is 17.2. The molecule has 0 amide bonds. The van der Waals surface area contributed by atoms with E-state index in [0.29, 0.717) is 17.7 Å². The molecular formula is C27H22F4N4O. The number of rotatable bonds is 7. The van der Waals surface area contributed by atoms with Crippen LogP contribution in [0.1, 0.15) is 22.3 Å². The molecule has 0 aliphatic carbocycles. The van der Waals surface area contributed by atoms with Crippen LogP contribution in [0.5, 0.6) is 0 Å². The van der Waals surface area contributed by atoms with Crippen LogP contribution in [-0.2, 0) is 18.7 Å². The minimum atomic E-state index is -1.71. The van der Waals surface area contributed by atoms with E-state index in [-0.39, 0.29) is 18.7 Å². The summed E-state index contributed by atoms with van der Waals surface area (Å²) < 4.78 is 55.9. The maximum atomic E-state index is 14.6. The maximum Gasteiger partial charge on any atom is 0.160 e. The number of aliphatic hydroxyl groups is 1. The zero-order chi connectivity index (χ0) is 25.7. The molecule has 0 spiro atoms. The first kappa shape index (κ1) is 25.1. The van der Waals surface area contributed by atoms with E-state index in [4.69, 9.17) is 0 Å². The average molecular weight is 494 g/mol. The lowest BCUT2D eigenvalue weighted by Gasteiger charge is -2.33. The van der Waals surface area contributed by atoms with E-state index in [1.165, 1.54) is 29.5 Å². The summed E-state index contributed by atoms with van der Waals surface area (Å²) in [5, 5.41) is 15.5. The summed E-state index contributed by atoms with van der Waals surface area (Å²) in [4.78, 5) is 5.67. The second kappa shape index (κ2) is 10.7. The SMILES string of the molecule is CN(Cc1ccc(C#Cc2ccc(F)c(F)c2)cc1)CC(O)(Cn1cncn1)c1ccc(F)cc1F. The summed E-state index contributed by atoms with van der Waals surface area (Å²) in [6.45, 7) is 0.352. The molecule has 0 aliphatic heterocycles. The molecule has 3 aromatic carbocycles. The van der Waals surface area contributed by atoms with Crippen molar-refractivity contribution in [3.63, 3.8) is 0 Å². The Kier molecular flexibility index (Phi) is 7.48. The molecule has 5 nitrogen and oxygen atoms in total. The summed E-state index contributed by atoms with van der Waals surface area (Å²) in [7, 11) is 1.77. The van der Waals surface area contributed by atoms with Crippen LogP contribution in [0.3, 0.4) is 0 Å². The fourth-order valence-electron chi connectivity index (χ4n) is 3.90. The van der Waals surface area contributed by atoms with Gasteiger partial charge in [-0.15, -0.1) is 0 Å². The number of benzene rings is 3. The molecule has 0 saturated carbocycles. The molecule has 0 fully saturated rings. The lowest BCUT2D eigenvalue weighted by Crippen LogP contribution is -2.43. The fraction of sp³-hybridized carbons (Fsp3) is 0.185. The van der Waals surface area contributed by atoms with Gasteiger partial charge in [-0.25, -0.2) is 27.2 Å². The van der Waals surface area contributed by atoms with Crippen LogP contribution in [0.4, 0.5) is 17.6 Å². The maximum absolute atomic E-state index is 14.6. The molecule has 36 heavy (non-hydrogen) atoms. The molecule has 9 heteroatoms. The van der Waals surface area contributed by atoms with Crippen molar-refractivity contribution in [2.45, 2.75) is 18.7 Å². The van der Waals surface area contributed by atoms with Crippen molar-refractivity contribution in [1.29, 1.82) is 0 Å². The number of halogens is 4.